The third-order valence-corrected chi connectivity index (χ3v) is 5.38. The van der Waals surface area contributed by atoms with Crippen LogP contribution in [0.1, 0.15) is 60.9 Å². The van der Waals surface area contributed by atoms with Crippen molar-refractivity contribution in [2.24, 2.45) is 11.8 Å². The van der Waals surface area contributed by atoms with Crippen LogP contribution in [0.25, 0.3) is 0 Å². The number of rotatable bonds is 6. The van der Waals surface area contributed by atoms with Crippen LogP contribution in [0.3, 0.4) is 0 Å². The van der Waals surface area contributed by atoms with Crippen molar-refractivity contribution >= 4 is 11.3 Å². The van der Waals surface area contributed by atoms with Crippen molar-refractivity contribution in [2.75, 3.05) is 0 Å². The van der Waals surface area contributed by atoms with Gasteiger partial charge >= 0.3 is 0 Å². The molecule has 1 aliphatic rings. The summed E-state index contributed by atoms with van der Waals surface area (Å²) in [5.41, 5.74) is 4.60. The number of fused-ring (bicyclic) bond motifs is 1. The van der Waals surface area contributed by atoms with E-state index in [1.807, 2.05) is 11.3 Å². The molecule has 0 fully saturated rings. The normalized spacial score (nSPS) is 16.5. The second-order valence-corrected chi connectivity index (χ2v) is 6.26. The smallest absolute Gasteiger partial charge is 0.0556 e. The van der Waals surface area contributed by atoms with Crippen LogP contribution < -0.4 is 11.3 Å². The van der Waals surface area contributed by atoms with Crippen LogP contribution in [0.15, 0.2) is 6.07 Å². The van der Waals surface area contributed by atoms with Crippen molar-refractivity contribution < 1.29 is 0 Å². The van der Waals surface area contributed by atoms with Crippen molar-refractivity contribution in [3.8, 4) is 0 Å². The van der Waals surface area contributed by atoms with Gasteiger partial charge in [0.1, 0.15) is 0 Å². The highest BCUT2D eigenvalue weighted by molar-refractivity contribution is 7.12. The Hall–Kier alpha value is -0.380. The number of thiophene rings is 1. The van der Waals surface area contributed by atoms with Crippen LogP contribution >= 0.6 is 11.3 Å². The van der Waals surface area contributed by atoms with Gasteiger partial charge in [-0.2, -0.15) is 0 Å². The van der Waals surface area contributed by atoms with Gasteiger partial charge in [-0.25, -0.2) is 0 Å². The van der Waals surface area contributed by atoms with Crippen LogP contribution in [0.2, 0.25) is 0 Å². The van der Waals surface area contributed by atoms with Gasteiger partial charge in [0.15, 0.2) is 0 Å². The summed E-state index contributed by atoms with van der Waals surface area (Å²) >= 11 is 1.98. The molecule has 1 aromatic heterocycles. The fraction of sp³-hybridized carbons (Fsp3) is 0.714. The standard InChI is InChI=1S/C14H24N2S/c1-3-10(4-2)8-12(16-15)14-9-11-6-5-7-13(11)17-14/h9-10,12,16H,3-8,15H2,1-2H3. The Bertz CT molecular complexity index is 334. The molecule has 1 atom stereocenters. The minimum absolute atomic E-state index is 0.357. The molecular weight excluding hydrogens is 228 g/mol. The molecule has 96 valence electrons. The lowest BCUT2D eigenvalue weighted by Crippen LogP contribution is -2.29. The predicted octanol–water partition coefficient (Wildman–Crippen LogP) is 3.57. The van der Waals surface area contributed by atoms with Crippen molar-refractivity contribution in [1.29, 1.82) is 0 Å². The first-order valence-electron chi connectivity index (χ1n) is 6.86. The predicted molar refractivity (Wildman–Crippen MR) is 75.1 cm³/mol. The number of hydrogen-bond acceptors (Lipinski definition) is 3. The lowest BCUT2D eigenvalue weighted by molar-refractivity contribution is 0.378. The molecule has 1 heterocycles. The zero-order valence-electron chi connectivity index (χ0n) is 11.0. The van der Waals surface area contributed by atoms with Gasteiger partial charge in [-0.05, 0) is 43.2 Å². The monoisotopic (exact) mass is 252 g/mol. The molecule has 0 saturated heterocycles. The summed E-state index contributed by atoms with van der Waals surface area (Å²) in [5.74, 6) is 6.52. The van der Waals surface area contributed by atoms with Gasteiger partial charge in [0.05, 0.1) is 6.04 Å². The summed E-state index contributed by atoms with van der Waals surface area (Å²) in [7, 11) is 0. The summed E-state index contributed by atoms with van der Waals surface area (Å²) in [6.07, 6.45) is 7.56. The fourth-order valence-electron chi connectivity index (χ4n) is 2.75. The molecule has 3 N–H and O–H groups in total. The maximum Gasteiger partial charge on any atom is 0.0556 e. The third-order valence-electron chi connectivity index (χ3n) is 4.03. The summed E-state index contributed by atoms with van der Waals surface area (Å²) in [6, 6.07) is 2.75. The number of nitrogens with two attached hydrogens (primary N) is 1. The Labute approximate surface area is 109 Å². The van der Waals surface area contributed by atoms with Crippen LogP contribution in [0, 0.1) is 5.92 Å². The highest BCUT2D eigenvalue weighted by Gasteiger charge is 2.21. The SMILES string of the molecule is CCC(CC)CC(NN)c1cc2c(s1)CCC2. The molecule has 0 bridgehead atoms. The zero-order chi connectivity index (χ0) is 12.3. The topological polar surface area (TPSA) is 38.0 Å². The summed E-state index contributed by atoms with van der Waals surface area (Å²) in [6.45, 7) is 4.55. The molecule has 1 aromatic rings. The summed E-state index contributed by atoms with van der Waals surface area (Å²) in [5, 5.41) is 0. The Morgan fingerprint density at radius 1 is 1.35 bits per heavy atom. The number of hydrazine groups is 1. The number of aryl methyl sites for hydroxylation is 2. The first kappa shape index (κ1) is 13.1. The van der Waals surface area contributed by atoms with E-state index in [-0.39, 0.29) is 0 Å². The average Bonchev–Trinajstić information content (AvgIpc) is 2.91. The molecule has 17 heavy (non-hydrogen) atoms. The van der Waals surface area contributed by atoms with Crippen molar-refractivity contribution in [3.05, 3.63) is 21.4 Å². The molecular formula is C14H24N2S. The van der Waals surface area contributed by atoms with Crippen molar-refractivity contribution in [1.82, 2.24) is 5.43 Å². The molecule has 0 saturated carbocycles. The molecule has 2 rings (SSSR count). The van der Waals surface area contributed by atoms with E-state index in [4.69, 9.17) is 5.84 Å². The van der Waals surface area contributed by atoms with Gasteiger partial charge < -0.3 is 0 Å². The lowest BCUT2D eigenvalue weighted by Gasteiger charge is -2.20. The highest BCUT2D eigenvalue weighted by Crippen LogP contribution is 2.36. The molecule has 0 radical (unpaired) electrons. The van der Waals surface area contributed by atoms with Crippen LogP contribution in [-0.2, 0) is 12.8 Å². The molecule has 1 aliphatic carbocycles. The lowest BCUT2D eigenvalue weighted by atomic mass is 9.94. The zero-order valence-corrected chi connectivity index (χ0v) is 11.8. The van der Waals surface area contributed by atoms with Crippen LogP contribution in [0.4, 0.5) is 0 Å². The summed E-state index contributed by atoms with van der Waals surface area (Å²) < 4.78 is 0. The van der Waals surface area contributed by atoms with Gasteiger partial charge in [0, 0.05) is 9.75 Å². The first-order valence-corrected chi connectivity index (χ1v) is 7.67. The second kappa shape index (κ2) is 5.98. The second-order valence-electron chi connectivity index (χ2n) is 5.09. The Kier molecular flexibility index (Phi) is 4.60. The van der Waals surface area contributed by atoms with E-state index in [2.05, 4.69) is 25.3 Å². The van der Waals surface area contributed by atoms with E-state index in [0.717, 1.165) is 5.92 Å². The molecule has 0 spiro atoms. The Morgan fingerprint density at radius 2 is 2.12 bits per heavy atom. The van der Waals surface area contributed by atoms with Gasteiger partial charge in [0.25, 0.3) is 0 Å². The van der Waals surface area contributed by atoms with E-state index in [9.17, 15) is 0 Å². The van der Waals surface area contributed by atoms with Gasteiger partial charge in [0.2, 0.25) is 0 Å². The average molecular weight is 252 g/mol. The minimum atomic E-state index is 0.357. The largest absolute Gasteiger partial charge is 0.271 e. The quantitative estimate of drug-likeness (QED) is 0.600. The molecule has 2 nitrogen and oxygen atoms in total. The minimum Gasteiger partial charge on any atom is -0.271 e. The number of nitrogens with one attached hydrogen (secondary N) is 1. The number of hydrogen-bond donors (Lipinski definition) is 2. The van der Waals surface area contributed by atoms with E-state index >= 15 is 0 Å². The van der Waals surface area contributed by atoms with E-state index in [0.29, 0.717) is 6.04 Å². The molecule has 0 amide bonds. The molecule has 0 aromatic carbocycles. The van der Waals surface area contributed by atoms with E-state index < -0.39 is 0 Å². The first-order chi connectivity index (χ1) is 8.28. The Morgan fingerprint density at radius 3 is 2.71 bits per heavy atom. The van der Waals surface area contributed by atoms with E-state index in [1.54, 1.807) is 10.4 Å². The fourth-order valence-corrected chi connectivity index (χ4v) is 4.08. The Balaban J connectivity index is 2.06. The maximum absolute atomic E-state index is 5.74. The molecule has 3 heteroatoms. The van der Waals surface area contributed by atoms with Gasteiger partial charge in [-0.3, -0.25) is 11.3 Å². The highest BCUT2D eigenvalue weighted by atomic mass is 32.1. The van der Waals surface area contributed by atoms with Crippen molar-refractivity contribution in [3.63, 3.8) is 0 Å². The van der Waals surface area contributed by atoms with Gasteiger partial charge in [-0.1, -0.05) is 26.7 Å². The molecule has 0 aliphatic heterocycles. The van der Waals surface area contributed by atoms with E-state index in [1.165, 1.54) is 43.4 Å². The summed E-state index contributed by atoms with van der Waals surface area (Å²) in [4.78, 5) is 3.05. The third kappa shape index (κ3) is 2.90. The molecule has 1 unspecified atom stereocenters. The van der Waals surface area contributed by atoms with Crippen molar-refractivity contribution in [2.45, 2.75) is 58.4 Å². The van der Waals surface area contributed by atoms with Crippen LogP contribution in [0.5, 0.6) is 0 Å². The van der Waals surface area contributed by atoms with Gasteiger partial charge in [-0.15, -0.1) is 11.3 Å². The van der Waals surface area contributed by atoms with Crippen LogP contribution in [-0.4, -0.2) is 0 Å². The maximum atomic E-state index is 5.74.